The van der Waals surface area contributed by atoms with Crippen molar-refractivity contribution in [2.45, 2.75) is 18.5 Å². The van der Waals surface area contributed by atoms with Crippen molar-refractivity contribution in [1.82, 2.24) is 0 Å². The summed E-state index contributed by atoms with van der Waals surface area (Å²) < 4.78 is 45.0. The topological polar surface area (TPSA) is 46.6 Å². The molecule has 3 atom stereocenters. The lowest BCUT2D eigenvalue weighted by atomic mass is 9.93. The van der Waals surface area contributed by atoms with Crippen LogP contribution >= 0.6 is 0 Å². The van der Waals surface area contributed by atoms with Gasteiger partial charge in [0.05, 0.1) is 18.4 Å². The Balaban J connectivity index is 2.15. The normalized spacial score (nSPS) is 29.7. The first-order valence-electron chi connectivity index (χ1n) is 6.88. The van der Waals surface area contributed by atoms with E-state index in [9.17, 15) is 22.8 Å². The van der Waals surface area contributed by atoms with E-state index in [-0.39, 0.29) is 12.2 Å². The van der Waals surface area contributed by atoms with E-state index in [0.717, 1.165) is 0 Å². The maximum absolute atomic E-state index is 13.4. The van der Waals surface area contributed by atoms with E-state index >= 15 is 0 Å². The molecule has 1 heterocycles. The number of carbonyl (C=O) groups excluding carboxylic acids is 2. The van der Waals surface area contributed by atoms with Crippen molar-refractivity contribution in [3.05, 3.63) is 29.8 Å². The van der Waals surface area contributed by atoms with E-state index < -0.39 is 35.3 Å². The maximum Gasteiger partial charge on any atom is 0.394 e. The fourth-order valence-electron chi connectivity index (χ4n) is 3.61. The van der Waals surface area contributed by atoms with Crippen molar-refractivity contribution in [2.75, 3.05) is 18.6 Å². The number of fused-ring (bicyclic) bond motifs is 2. The lowest BCUT2D eigenvalue weighted by molar-refractivity contribution is -0.164. The van der Waals surface area contributed by atoms with Crippen LogP contribution in [0.3, 0.4) is 0 Å². The van der Waals surface area contributed by atoms with E-state index in [4.69, 9.17) is 4.74 Å². The van der Waals surface area contributed by atoms with Crippen molar-refractivity contribution in [1.29, 1.82) is 0 Å². The molecule has 118 valence electrons. The van der Waals surface area contributed by atoms with Crippen molar-refractivity contribution in [2.24, 2.45) is 11.8 Å². The number of para-hydroxylation sites is 1. The van der Waals surface area contributed by atoms with Crippen molar-refractivity contribution in [3.63, 3.8) is 0 Å². The first-order chi connectivity index (χ1) is 10.3. The molecule has 1 spiro atoms. The summed E-state index contributed by atoms with van der Waals surface area (Å²) >= 11 is 0. The van der Waals surface area contributed by atoms with Crippen LogP contribution in [0.4, 0.5) is 18.9 Å². The third-order valence-electron chi connectivity index (χ3n) is 4.47. The number of nitrogens with zero attached hydrogens (tertiary/aromatic N) is 1. The highest BCUT2D eigenvalue weighted by Crippen LogP contribution is 2.70. The number of anilines is 1. The van der Waals surface area contributed by atoms with Gasteiger partial charge in [-0.15, -0.1) is 0 Å². The fraction of sp³-hybridized carbons (Fsp3) is 0.467. The summed E-state index contributed by atoms with van der Waals surface area (Å²) in [6.07, 6.45) is -4.65. The lowest BCUT2D eigenvalue weighted by Crippen LogP contribution is -2.33. The Hall–Kier alpha value is -2.05. The van der Waals surface area contributed by atoms with Crippen LogP contribution in [0.1, 0.15) is 12.5 Å². The zero-order chi connectivity index (χ0) is 16.3. The summed E-state index contributed by atoms with van der Waals surface area (Å²) in [6, 6.07) is 6.28. The second-order valence-electron chi connectivity index (χ2n) is 5.50. The molecule has 0 bridgehead atoms. The average molecular weight is 313 g/mol. The van der Waals surface area contributed by atoms with Crippen molar-refractivity contribution in [3.8, 4) is 0 Å². The van der Waals surface area contributed by atoms with Gasteiger partial charge >= 0.3 is 12.1 Å². The third kappa shape index (κ3) is 1.65. The number of carbonyl (C=O) groups is 2. The molecular formula is C15H14F3NO3. The predicted octanol–water partition coefficient (Wildman–Crippen LogP) is 2.27. The summed E-state index contributed by atoms with van der Waals surface area (Å²) in [6.45, 7) is 1.49. The molecule has 1 aromatic carbocycles. The number of alkyl halides is 3. The first-order valence-corrected chi connectivity index (χ1v) is 6.88. The SMILES string of the molecule is CCOC(=O)[C@H]1[C@H](C(F)(F)F)[C@]12C(=O)N(C)c1ccccc12. The monoisotopic (exact) mass is 313 g/mol. The molecule has 0 aromatic heterocycles. The molecule has 1 amide bonds. The summed E-state index contributed by atoms with van der Waals surface area (Å²) in [7, 11) is 1.42. The van der Waals surface area contributed by atoms with Crippen molar-refractivity contribution >= 4 is 17.6 Å². The molecule has 2 aliphatic rings. The molecule has 3 rings (SSSR count). The highest BCUT2D eigenvalue weighted by molar-refractivity contribution is 6.14. The number of benzene rings is 1. The Morgan fingerprint density at radius 3 is 2.59 bits per heavy atom. The van der Waals surface area contributed by atoms with Gasteiger partial charge in [0.2, 0.25) is 5.91 Å². The van der Waals surface area contributed by atoms with E-state index in [1.54, 1.807) is 18.2 Å². The predicted molar refractivity (Wildman–Crippen MR) is 71.2 cm³/mol. The van der Waals surface area contributed by atoms with Gasteiger partial charge in [-0.1, -0.05) is 18.2 Å². The molecule has 1 fully saturated rings. The largest absolute Gasteiger partial charge is 0.466 e. The molecule has 0 saturated heterocycles. The zero-order valence-electron chi connectivity index (χ0n) is 12.0. The van der Waals surface area contributed by atoms with Gasteiger partial charge in [0.1, 0.15) is 5.41 Å². The van der Waals surface area contributed by atoms with Crippen LogP contribution in [0.15, 0.2) is 24.3 Å². The number of ether oxygens (including phenoxy) is 1. The molecule has 1 aromatic rings. The molecule has 7 heteroatoms. The molecule has 22 heavy (non-hydrogen) atoms. The lowest BCUT2D eigenvalue weighted by Gasteiger charge is -2.12. The second-order valence-corrected chi connectivity index (χ2v) is 5.50. The molecule has 1 saturated carbocycles. The van der Waals surface area contributed by atoms with Gasteiger partial charge in [-0.3, -0.25) is 9.59 Å². The Labute approximate surface area is 124 Å². The number of rotatable bonds is 2. The number of amides is 1. The standard InChI is InChI=1S/C15H14F3NO3/c1-3-22-12(20)10-11(15(16,17)18)14(10)8-6-4-5-7-9(8)19(2)13(14)21/h4-7,10-11H,3H2,1-2H3/t10-,11+,14-/m1/s1. The molecule has 0 N–H and O–H groups in total. The smallest absolute Gasteiger partial charge is 0.394 e. The fourth-order valence-corrected chi connectivity index (χ4v) is 3.61. The number of hydrogen-bond acceptors (Lipinski definition) is 3. The highest BCUT2D eigenvalue weighted by atomic mass is 19.4. The first kappa shape index (κ1) is 14.9. The zero-order valence-corrected chi connectivity index (χ0v) is 12.0. The van der Waals surface area contributed by atoms with Gasteiger partial charge in [-0.05, 0) is 18.6 Å². The second kappa shape index (κ2) is 4.47. The Kier molecular flexibility index (Phi) is 3.02. The van der Waals surface area contributed by atoms with E-state index in [0.29, 0.717) is 5.69 Å². The van der Waals surface area contributed by atoms with Crippen LogP contribution in [-0.2, 0) is 19.7 Å². The van der Waals surface area contributed by atoms with Crippen LogP contribution in [0.2, 0.25) is 0 Å². The van der Waals surface area contributed by atoms with Crippen LogP contribution in [0.5, 0.6) is 0 Å². The summed E-state index contributed by atoms with van der Waals surface area (Å²) in [5.74, 6) is -5.21. The molecule has 4 nitrogen and oxygen atoms in total. The number of esters is 1. The molecule has 1 aliphatic carbocycles. The Morgan fingerprint density at radius 2 is 2.00 bits per heavy atom. The molecule has 1 aliphatic heterocycles. The Bertz CT molecular complexity index is 658. The van der Waals surface area contributed by atoms with E-state index in [1.165, 1.54) is 24.9 Å². The average Bonchev–Trinajstić information content (AvgIpc) is 3.12. The quantitative estimate of drug-likeness (QED) is 0.787. The van der Waals surface area contributed by atoms with Crippen molar-refractivity contribution < 1.29 is 27.5 Å². The number of halogens is 3. The summed E-state index contributed by atoms with van der Waals surface area (Å²) in [5.41, 5.74) is -1.20. The van der Waals surface area contributed by atoms with E-state index in [2.05, 4.69) is 0 Å². The summed E-state index contributed by atoms with van der Waals surface area (Å²) in [4.78, 5) is 25.7. The van der Waals surface area contributed by atoms with Gasteiger partial charge in [0.25, 0.3) is 0 Å². The van der Waals surface area contributed by atoms with Crippen LogP contribution in [-0.4, -0.2) is 31.7 Å². The van der Waals surface area contributed by atoms with E-state index in [1.807, 2.05) is 0 Å². The van der Waals surface area contributed by atoms with Crippen LogP contribution in [0.25, 0.3) is 0 Å². The Morgan fingerprint density at radius 1 is 1.36 bits per heavy atom. The molecule has 0 unspecified atom stereocenters. The van der Waals surface area contributed by atoms with Gasteiger partial charge in [0, 0.05) is 12.7 Å². The molecule has 0 radical (unpaired) electrons. The minimum absolute atomic E-state index is 0.0261. The van der Waals surface area contributed by atoms with Gasteiger partial charge in [-0.25, -0.2) is 0 Å². The van der Waals surface area contributed by atoms with Crippen LogP contribution in [0, 0.1) is 11.8 Å². The molecular weight excluding hydrogens is 299 g/mol. The maximum atomic E-state index is 13.4. The van der Waals surface area contributed by atoms with Crippen LogP contribution < -0.4 is 4.90 Å². The minimum Gasteiger partial charge on any atom is -0.466 e. The minimum atomic E-state index is -4.65. The number of hydrogen-bond donors (Lipinski definition) is 0. The van der Waals surface area contributed by atoms with Gasteiger partial charge in [0.15, 0.2) is 0 Å². The number of likely N-dealkylation sites (N-methyl/N-ethyl adjacent to an activating group) is 1. The summed E-state index contributed by atoms with van der Waals surface area (Å²) in [5, 5.41) is 0. The highest BCUT2D eigenvalue weighted by Gasteiger charge is 2.84. The van der Waals surface area contributed by atoms with Gasteiger partial charge in [-0.2, -0.15) is 13.2 Å². The third-order valence-corrected chi connectivity index (χ3v) is 4.47. The van der Waals surface area contributed by atoms with Gasteiger partial charge < -0.3 is 9.64 Å².